The highest BCUT2D eigenvalue weighted by molar-refractivity contribution is 5.29. The lowest BCUT2D eigenvalue weighted by Gasteiger charge is -2.17. The Balaban J connectivity index is 0.00000145. The fraction of sp³-hybridized carbons (Fsp3) is 0.409. The lowest BCUT2D eigenvalue weighted by molar-refractivity contribution is 0.227. The Bertz CT molecular complexity index is 712. The summed E-state index contributed by atoms with van der Waals surface area (Å²) in [6.45, 7) is 11.4. The summed E-state index contributed by atoms with van der Waals surface area (Å²) >= 11 is 0. The van der Waals surface area contributed by atoms with Gasteiger partial charge in [-0.15, -0.1) is 6.58 Å². The molecule has 0 bridgehead atoms. The molecule has 0 aliphatic rings. The number of H-pyrrole nitrogens is 1. The van der Waals surface area contributed by atoms with Gasteiger partial charge in [-0.3, -0.25) is 5.10 Å². The van der Waals surface area contributed by atoms with Crippen molar-refractivity contribution in [1.82, 2.24) is 25.4 Å². The highest BCUT2D eigenvalue weighted by atomic mass is 16.3. The average Bonchev–Trinajstić information content (AvgIpc) is 3.35. The third-order valence-electron chi connectivity index (χ3n) is 3.83. The number of nitriles is 1. The predicted molar refractivity (Wildman–Crippen MR) is 120 cm³/mol. The molecule has 0 aliphatic heterocycles. The van der Waals surface area contributed by atoms with Gasteiger partial charge in [0, 0.05) is 37.1 Å². The first-order valence-corrected chi connectivity index (χ1v) is 9.77. The molecule has 1 atom stereocenters. The van der Waals surface area contributed by atoms with E-state index in [0.29, 0.717) is 25.1 Å². The van der Waals surface area contributed by atoms with E-state index in [9.17, 15) is 5.11 Å². The minimum Gasteiger partial charge on any atom is -0.395 e. The molecule has 1 aromatic rings. The van der Waals surface area contributed by atoms with Crippen LogP contribution in [0, 0.1) is 11.3 Å². The van der Waals surface area contributed by atoms with Gasteiger partial charge >= 0.3 is 0 Å². The van der Waals surface area contributed by atoms with Crippen LogP contribution in [0.4, 0.5) is 0 Å². The zero-order chi connectivity index (χ0) is 22.6. The third-order valence-corrected chi connectivity index (χ3v) is 3.83. The molecule has 1 aromatic heterocycles. The van der Waals surface area contributed by atoms with Crippen molar-refractivity contribution in [1.29, 1.82) is 5.26 Å². The molecule has 0 aromatic carbocycles. The smallest absolute Gasteiger partial charge is 0.137 e. The first-order valence-electron chi connectivity index (χ1n) is 9.77. The number of aromatic nitrogens is 3. The van der Waals surface area contributed by atoms with Crippen LogP contribution in [0.25, 0.3) is 0 Å². The van der Waals surface area contributed by atoms with Crippen molar-refractivity contribution in [3.63, 3.8) is 0 Å². The maximum Gasteiger partial charge on any atom is 0.137 e. The fourth-order valence-electron chi connectivity index (χ4n) is 1.98. The molecule has 8 nitrogen and oxygen atoms in total. The molecule has 0 saturated heterocycles. The Morgan fingerprint density at radius 2 is 2.17 bits per heavy atom. The molecule has 0 saturated carbocycles. The van der Waals surface area contributed by atoms with E-state index in [1.54, 1.807) is 13.0 Å². The minimum absolute atomic E-state index is 0.103. The van der Waals surface area contributed by atoms with Crippen molar-refractivity contribution < 1.29 is 10.2 Å². The third kappa shape index (κ3) is 14.9. The molecule has 1 unspecified atom stereocenters. The number of nitrogens with one attached hydrogen (secondary N) is 2. The van der Waals surface area contributed by atoms with Crippen molar-refractivity contribution in [2.24, 2.45) is 0 Å². The molecular formula is C22H34N6O2. The lowest BCUT2D eigenvalue weighted by atomic mass is 10.1. The zero-order valence-corrected chi connectivity index (χ0v) is 18.1. The number of hydrogen-bond donors (Lipinski definition) is 4. The predicted octanol–water partition coefficient (Wildman–Crippen LogP) is 2.45. The number of hydrogen-bond acceptors (Lipinski definition) is 7. The van der Waals surface area contributed by atoms with Gasteiger partial charge in [0.25, 0.3) is 0 Å². The van der Waals surface area contributed by atoms with Gasteiger partial charge in [0.1, 0.15) is 12.7 Å². The van der Waals surface area contributed by atoms with Gasteiger partial charge in [-0.05, 0) is 45.4 Å². The van der Waals surface area contributed by atoms with E-state index in [1.165, 1.54) is 18.7 Å². The Kier molecular flexibility index (Phi) is 16.0. The lowest BCUT2D eigenvalue weighted by Crippen LogP contribution is -2.21. The summed E-state index contributed by atoms with van der Waals surface area (Å²) in [5.74, 6) is 0. The number of allylic oxidation sites excluding steroid dienone is 4. The van der Waals surface area contributed by atoms with Crippen LogP contribution in [0.3, 0.4) is 0 Å². The summed E-state index contributed by atoms with van der Waals surface area (Å²) in [5, 5.41) is 36.7. The van der Waals surface area contributed by atoms with E-state index < -0.39 is 6.10 Å². The number of rotatable bonds is 12. The first-order chi connectivity index (χ1) is 14.5. The van der Waals surface area contributed by atoms with Crippen molar-refractivity contribution >= 4 is 0 Å². The maximum absolute atomic E-state index is 9.51. The molecular weight excluding hydrogens is 380 g/mol. The Hall–Kier alpha value is -3.15. The molecule has 0 radical (unpaired) electrons. The summed E-state index contributed by atoms with van der Waals surface area (Å²) in [6.07, 6.45) is 13.9. The molecule has 4 N–H and O–H groups in total. The summed E-state index contributed by atoms with van der Waals surface area (Å²) in [6, 6.07) is 2.09. The second-order valence-electron chi connectivity index (χ2n) is 6.35. The molecule has 8 heteroatoms. The van der Waals surface area contributed by atoms with Gasteiger partial charge < -0.3 is 20.4 Å². The normalized spacial score (nSPS) is 13.3. The van der Waals surface area contributed by atoms with E-state index in [2.05, 4.69) is 33.1 Å². The van der Waals surface area contributed by atoms with Crippen molar-refractivity contribution in [2.75, 3.05) is 26.2 Å². The monoisotopic (exact) mass is 414 g/mol. The van der Waals surface area contributed by atoms with Gasteiger partial charge in [0.2, 0.25) is 0 Å². The SMILES string of the molecule is C=CC(O)C/C=C(\C)CNC(/C=C/N(CC)CCO)=C/C=C(\C)C#N.c1nc[nH]n1. The largest absolute Gasteiger partial charge is 0.395 e. The second kappa shape index (κ2) is 17.9. The summed E-state index contributed by atoms with van der Waals surface area (Å²) in [7, 11) is 0. The molecule has 0 aliphatic carbocycles. The quantitative estimate of drug-likeness (QED) is 0.235. The summed E-state index contributed by atoms with van der Waals surface area (Å²) in [5.41, 5.74) is 2.59. The van der Waals surface area contributed by atoms with Gasteiger partial charge in [0.15, 0.2) is 0 Å². The first kappa shape index (κ1) is 26.9. The minimum atomic E-state index is -0.525. The number of aromatic amines is 1. The van der Waals surface area contributed by atoms with Crippen LogP contribution in [0.2, 0.25) is 0 Å². The molecule has 1 heterocycles. The van der Waals surface area contributed by atoms with Crippen molar-refractivity contribution in [2.45, 2.75) is 33.3 Å². The topological polar surface area (TPSA) is 121 Å². The fourth-order valence-corrected chi connectivity index (χ4v) is 1.98. The van der Waals surface area contributed by atoms with Crippen LogP contribution in [-0.2, 0) is 0 Å². The molecule has 1 rings (SSSR count). The molecule has 0 amide bonds. The van der Waals surface area contributed by atoms with Crippen LogP contribution < -0.4 is 5.32 Å². The Morgan fingerprint density at radius 3 is 2.67 bits per heavy atom. The van der Waals surface area contributed by atoms with E-state index in [4.69, 9.17) is 10.4 Å². The summed E-state index contributed by atoms with van der Waals surface area (Å²) < 4.78 is 0. The molecule has 0 fully saturated rings. The summed E-state index contributed by atoms with van der Waals surface area (Å²) in [4.78, 5) is 5.56. The van der Waals surface area contributed by atoms with E-state index in [-0.39, 0.29) is 6.61 Å². The van der Waals surface area contributed by atoms with Gasteiger partial charge in [-0.25, -0.2) is 4.98 Å². The highest BCUT2D eigenvalue weighted by Crippen LogP contribution is 2.03. The van der Waals surface area contributed by atoms with E-state index in [0.717, 1.165) is 17.8 Å². The van der Waals surface area contributed by atoms with Crippen LogP contribution >= 0.6 is 0 Å². The average molecular weight is 415 g/mol. The highest BCUT2D eigenvalue weighted by Gasteiger charge is 1.98. The standard InChI is InChI=1S/C20H31N3O2.C2H3N3/c1-5-20(25)10-8-18(4)16-22-19(9-7-17(3)15-21)11-12-23(6-2)13-14-24;1-3-2-5-4-1/h5,7-9,11-12,20,22,24-25H,1,6,10,13-14,16H2,2-4H3;1-2H,(H,3,4,5)/b12-11+,17-7+,18-8+,19-9+;. The molecule has 30 heavy (non-hydrogen) atoms. The Morgan fingerprint density at radius 1 is 1.40 bits per heavy atom. The number of aliphatic hydroxyl groups is 2. The van der Waals surface area contributed by atoms with Crippen LogP contribution in [0.5, 0.6) is 0 Å². The number of aliphatic hydroxyl groups excluding tert-OH is 2. The zero-order valence-electron chi connectivity index (χ0n) is 18.1. The number of nitrogens with zero attached hydrogens (tertiary/aromatic N) is 4. The van der Waals surface area contributed by atoms with Crippen molar-refractivity contribution in [3.05, 3.63) is 72.7 Å². The maximum atomic E-state index is 9.51. The van der Waals surface area contributed by atoms with E-state index >= 15 is 0 Å². The second-order valence-corrected chi connectivity index (χ2v) is 6.35. The van der Waals surface area contributed by atoms with Crippen LogP contribution in [0.1, 0.15) is 27.2 Å². The number of likely N-dealkylation sites (N-methyl/N-ethyl adjacent to an activating group) is 1. The van der Waals surface area contributed by atoms with Gasteiger partial charge in [-0.2, -0.15) is 10.4 Å². The van der Waals surface area contributed by atoms with Gasteiger partial charge in [0.05, 0.1) is 18.8 Å². The van der Waals surface area contributed by atoms with Crippen molar-refractivity contribution in [3.8, 4) is 6.07 Å². The molecule has 0 spiro atoms. The van der Waals surface area contributed by atoms with Crippen LogP contribution in [0.15, 0.2) is 72.7 Å². The van der Waals surface area contributed by atoms with Crippen LogP contribution in [-0.4, -0.2) is 62.6 Å². The van der Waals surface area contributed by atoms with E-state index in [1.807, 2.05) is 43.2 Å². The Labute approximate surface area is 179 Å². The van der Waals surface area contributed by atoms with Gasteiger partial charge in [-0.1, -0.05) is 17.7 Å². The molecule has 164 valence electrons.